The van der Waals surface area contributed by atoms with E-state index in [9.17, 15) is 0 Å². The van der Waals surface area contributed by atoms with Crippen molar-refractivity contribution < 1.29 is 0 Å². The highest BCUT2D eigenvalue weighted by atomic mass is 15.2. The number of nitrogens with zero attached hydrogens (tertiary/aromatic N) is 1. The van der Waals surface area contributed by atoms with Crippen molar-refractivity contribution in [2.45, 2.75) is 58.0 Å². The Hall–Kier alpha value is -0.860. The molecule has 2 nitrogen and oxygen atoms in total. The van der Waals surface area contributed by atoms with E-state index >= 15 is 0 Å². The van der Waals surface area contributed by atoms with E-state index in [1.165, 1.54) is 44.1 Å². The fourth-order valence-corrected chi connectivity index (χ4v) is 3.51. The standard InChI is InChI=1S/C18H30N2/c1-2-16-9-6-10-18(12-11-16)20(14-13-19)15-17-7-4-3-5-8-17/h3-5,7-8,16,18H,2,6,9-15,19H2,1H3. The molecule has 1 aliphatic rings. The van der Waals surface area contributed by atoms with E-state index < -0.39 is 0 Å². The summed E-state index contributed by atoms with van der Waals surface area (Å²) in [5.74, 6) is 0.955. The van der Waals surface area contributed by atoms with E-state index in [0.29, 0.717) is 0 Å². The van der Waals surface area contributed by atoms with Crippen molar-refractivity contribution >= 4 is 0 Å². The Bertz CT molecular complexity index is 363. The third-order valence-corrected chi connectivity index (χ3v) is 4.80. The maximum absolute atomic E-state index is 5.84. The van der Waals surface area contributed by atoms with Gasteiger partial charge in [0.05, 0.1) is 0 Å². The molecule has 0 bridgehead atoms. The minimum absolute atomic E-state index is 0.732. The van der Waals surface area contributed by atoms with Gasteiger partial charge in [-0.2, -0.15) is 0 Å². The first kappa shape index (κ1) is 15.5. The molecule has 0 radical (unpaired) electrons. The molecular weight excluding hydrogens is 244 g/mol. The molecule has 1 fully saturated rings. The third-order valence-electron chi connectivity index (χ3n) is 4.80. The molecule has 2 atom stereocenters. The van der Waals surface area contributed by atoms with Crippen molar-refractivity contribution in [3.8, 4) is 0 Å². The molecule has 1 saturated carbocycles. The molecule has 2 heteroatoms. The number of nitrogens with two attached hydrogens (primary N) is 1. The minimum atomic E-state index is 0.732. The van der Waals surface area contributed by atoms with E-state index in [0.717, 1.165) is 31.6 Å². The van der Waals surface area contributed by atoms with Crippen molar-refractivity contribution in [3.63, 3.8) is 0 Å². The lowest BCUT2D eigenvalue weighted by Gasteiger charge is -2.31. The second-order valence-corrected chi connectivity index (χ2v) is 6.18. The molecule has 0 aromatic heterocycles. The minimum Gasteiger partial charge on any atom is -0.329 e. The lowest BCUT2D eigenvalue weighted by molar-refractivity contribution is 0.174. The van der Waals surface area contributed by atoms with Gasteiger partial charge in [-0.05, 0) is 30.7 Å². The summed E-state index contributed by atoms with van der Waals surface area (Å²) in [6.45, 7) is 5.18. The summed E-state index contributed by atoms with van der Waals surface area (Å²) in [4.78, 5) is 2.62. The van der Waals surface area contributed by atoms with E-state index in [-0.39, 0.29) is 0 Å². The summed E-state index contributed by atoms with van der Waals surface area (Å²) in [6.07, 6.45) is 8.27. The number of benzene rings is 1. The first-order valence-electron chi connectivity index (χ1n) is 8.31. The van der Waals surface area contributed by atoms with Crippen LogP contribution in [-0.4, -0.2) is 24.0 Å². The third kappa shape index (κ3) is 4.60. The number of rotatable bonds is 6. The highest BCUT2D eigenvalue weighted by Crippen LogP contribution is 2.28. The Labute approximate surface area is 124 Å². The van der Waals surface area contributed by atoms with Crippen LogP contribution >= 0.6 is 0 Å². The molecule has 1 aliphatic carbocycles. The van der Waals surface area contributed by atoms with Crippen molar-refractivity contribution in [1.82, 2.24) is 4.90 Å². The second-order valence-electron chi connectivity index (χ2n) is 6.18. The van der Waals surface area contributed by atoms with Gasteiger partial charge >= 0.3 is 0 Å². The zero-order valence-corrected chi connectivity index (χ0v) is 12.9. The first-order chi connectivity index (χ1) is 9.83. The van der Waals surface area contributed by atoms with E-state index in [1.807, 2.05) is 0 Å². The van der Waals surface area contributed by atoms with Crippen molar-refractivity contribution in [2.24, 2.45) is 11.7 Å². The predicted molar refractivity (Wildman–Crippen MR) is 86.6 cm³/mol. The molecule has 0 heterocycles. The van der Waals surface area contributed by atoms with E-state index in [2.05, 4.69) is 42.2 Å². The fourth-order valence-electron chi connectivity index (χ4n) is 3.51. The molecule has 1 aromatic carbocycles. The SMILES string of the molecule is CCC1CCCC(N(CCN)Cc2ccccc2)CC1. The Morgan fingerprint density at radius 3 is 2.60 bits per heavy atom. The molecule has 2 rings (SSSR count). The zero-order chi connectivity index (χ0) is 14.2. The molecule has 112 valence electrons. The van der Waals surface area contributed by atoms with Crippen LogP contribution in [0.15, 0.2) is 30.3 Å². The van der Waals surface area contributed by atoms with E-state index in [4.69, 9.17) is 5.73 Å². The Morgan fingerprint density at radius 1 is 1.10 bits per heavy atom. The van der Waals surface area contributed by atoms with Gasteiger partial charge in [0.15, 0.2) is 0 Å². The number of hydrogen-bond acceptors (Lipinski definition) is 2. The van der Waals surface area contributed by atoms with Crippen LogP contribution in [0.5, 0.6) is 0 Å². The predicted octanol–water partition coefficient (Wildman–Crippen LogP) is 3.81. The van der Waals surface area contributed by atoms with Gasteiger partial charge in [-0.15, -0.1) is 0 Å². The average Bonchev–Trinajstić information content (AvgIpc) is 2.73. The van der Waals surface area contributed by atoms with Gasteiger partial charge in [0.1, 0.15) is 0 Å². The maximum atomic E-state index is 5.84. The van der Waals surface area contributed by atoms with Crippen molar-refractivity contribution in [1.29, 1.82) is 0 Å². The lowest BCUT2D eigenvalue weighted by Crippen LogP contribution is -2.38. The van der Waals surface area contributed by atoms with Crippen LogP contribution in [0.2, 0.25) is 0 Å². The quantitative estimate of drug-likeness (QED) is 0.799. The molecule has 2 N–H and O–H groups in total. The first-order valence-corrected chi connectivity index (χ1v) is 8.31. The van der Waals surface area contributed by atoms with Crippen LogP contribution in [0.25, 0.3) is 0 Å². The van der Waals surface area contributed by atoms with Crippen LogP contribution in [0.1, 0.15) is 51.0 Å². The van der Waals surface area contributed by atoms with Crippen molar-refractivity contribution in [3.05, 3.63) is 35.9 Å². The summed E-state index contributed by atoms with van der Waals surface area (Å²) in [6, 6.07) is 11.6. The Balaban J connectivity index is 1.96. The molecular formula is C18H30N2. The van der Waals surface area contributed by atoms with Gasteiger partial charge in [-0.3, -0.25) is 4.90 Å². The molecule has 0 saturated heterocycles. The highest BCUT2D eigenvalue weighted by molar-refractivity contribution is 5.14. The molecule has 0 spiro atoms. The van der Waals surface area contributed by atoms with Crippen LogP contribution in [0.3, 0.4) is 0 Å². The van der Waals surface area contributed by atoms with Gasteiger partial charge in [0, 0.05) is 25.7 Å². The van der Waals surface area contributed by atoms with Gasteiger partial charge in [0.2, 0.25) is 0 Å². The van der Waals surface area contributed by atoms with Crippen LogP contribution in [0.4, 0.5) is 0 Å². The summed E-state index contributed by atoms with van der Waals surface area (Å²) >= 11 is 0. The monoisotopic (exact) mass is 274 g/mol. The molecule has 0 amide bonds. The molecule has 2 unspecified atom stereocenters. The average molecular weight is 274 g/mol. The largest absolute Gasteiger partial charge is 0.329 e. The number of hydrogen-bond donors (Lipinski definition) is 1. The fraction of sp³-hybridized carbons (Fsp3) is 0.667. The van der Waals surface area contributed by atoms with Crippen LogP contribution < -0.4 is 5.73 Å². The maximum Gasteiger partial charge on any atom is 0.0237 e. The van der Waals surface area contributed by atoms with Crippen LogP contribution in [-0.2, 0) is 6.54 Å². The van der Waals surface area contributed by atoms with E-state index in [1.54, 1.807) is 0 Å². The summed E-state index contributed by atoms with van der Waals surface area (Å²) < 4.78 is 0. The molecule has 1 aromatic rings. The summed E-state index contributed by atoms with van der Waals surface area (Å²) in [5.41, 5.74) is 7.25. The smallest absolute Gasteiger partial charge is 0.0237 e. The normalized spacial score (nSPS) is 23.8. The highest BCUT2D eigenvalue weighted by Gasteiger charge is 2.22. The lowest BCUT2D eigenvalue weighted by atomic mass is 9.97. The van der Waals surface area contributed by atoms with Gasteiger partial charge in [-0.1, -0.05) is 56.5 Å². The van der Waals surface area contributed by atoms with Gasteiger partial charge in [-0.25, -0.2) is 0 Å². The Kier molecular flexibility index (Phi) is 6.55. The van der Waals surface area contributed by atoms with Crippen LogP contribution in [0, 0.1) is 5.92 Å². The summed E-state index contributed by atoms with van der Waals surface area (Å²) in [5, 5.41) is 0. The second kappa shape index (κ2) is 8.43. The van der Waals surface area contributed by atoms with Crippen molar-refractivity contribution in [2.75, 3.05) is 13.1 Å². The van der Waals surface area contributed by atoms with Gasteiger partial charge in [0.25, 0.3) is 0 Å². The molecule has 0 aliphatic heterocycles. The topological polar surface area (TPSA) is 29.3 Å². The molecule has 20 heavy (non-hydrogen) atoms. The zero-order valence-electron chi connectivity index (χ0n) is 12.9. The van der Waals surface area contributed by atoms with Gasteiger partial charge < -0.3 is 5.73 Å². The Morgan fingerprint density at radius 2 is 1.90 bits per heavy atom. The summed E-state index contributed by atoms with van der Waals surface area (Å²) in [7, 11) is 0.